The first-order valence-electron chi connectivity index (χ1n) is 5.15. The van der Waals surface area contributed by atoms with Gasteiger partial charge in [-0.25, -0.2) is 8.78 Å². The molecule has 2 aromatic rings. The zero-order valence-electron chi connectivity index (χ0n) is 9.13. The molecule has 1 unspecified atom stereocenters. The maximum absolute atomic E-state index is 13.6. The molecule has 94 valence electrons. The fourth-order valence-corrected chi connectivity index (χ4v) is 2.33. The summed E-state index contributed by atoms with van der Waals surface area (Å²) in [7, 11) is 0. The minimum Gasteiger partial charge on any atom is -0.320 e. The molecule has 2 N–H and O–H groups in total. The quantitative estimate of drug-likeness (QED) is 0.865. The predicted molar refractivity (Wildman–Crippen MR) is 71.5 cm³/mol. The van der Waals surface area contributed by atoms with Crippen LogP contribution in [-0.4, -0.2) is 0 Å². The van der Waals surface area contributed by atoms with E-state index >= 15 is 0 Å². The summed E-state index contributed by atoms with van der Waals surface area (Å²) < 4.78 is 28.0. The lowest BCUT2D eigenvalue weighted by Gasteiger charge is -2.16. The van der Waals surface area contributed by atoms with E-state index in [1.165, 1.54) is 18.2 Å². The second-order valence-electron chi connectivity index (χ2n) is 3.78. The number of benzene rings is 2. The van der Waals surface area contributed by atoms with Crippen molar-refractivity contribution in [1.29, 1.82) is 0 Å². The van der Waals surface area contributed by atoms with Gasteiger partial charge in [-0.05, 0) is 35.9 Å². The summed E-state index contributed by atoms with van der Waals surface area (Å²) in [5, 5.41) is 0.369. The van der Waals surface area contributed by atoms with Gasteiger partial charge in [0.05, 0.1) is 6.04 Å². The van der Waals surface area contributed by atoms with Crippen molar-refractivity contribution in [3.63, 3.8) is 0 Å². The van der Waals surface area contributed by atoms with Crippen molar-refractivity contribution in [1.82, 2.24) is 0 Å². The molecule has 5 heteroatoms. The molecule has 1 nitrogen and oxygen atoms in total. The Kier molecular flexibility index (Phi) is 4.00. The molecule has 0 aliphatic carbocycles. The topological polar surface area (TPSA) is 26.0 Å². The Labute approximate surface area is 117 Å². The molecule has 1 atom stereocenters. The van der Waals surface area contributed by atoms with Crippen LogP contribution in [0, 0.1) is 11.6 Å². The zero-order chi connectivity index (χ0) is 13.3. The second-order valence-corrected chi connectivity index (χ2v) is 5.10. The molecule has 0 aromatic heterocycles. The van der Waals surface area contributed by atoms with E-state index in [1.807, 2.05) is 0 Å². The molecule has 0 bridgehead atoms. The van der Waals surface area contributed by atoms with Gasteiger partial charge >= 0.3 is 0 Å². The molecule has 0 aliphatic heterocycles. The molecule has 0 radical (unpaired) electrons. The van der Waals surface area contributed by atoms with E-state index in [2.05, 4.69) is 15.9 Å². The second kappa shape index (κ2) is 5.34. The molecule has 0 fully saturated rings. The van der Waals surface area contributed by atoms with Crippen molar-refractivity contribution >= 4 is 27.5 Å². The van der Waals surface area contributed by atoms with Crippen LogP contribution in [0.1, 0.15) is 17.2 Å². The van der Waals surface area contributed by atoms with Gasteiger partial charge in [0.2, 0.25) is 0 Å². The third-order valence-corrected chi connectivity index (χ3v) is 3.44. The van der Waals surface area contributed by atoms with E-state index < -0.39 is 17.7 Å². The van der Waals surface area contributed by atoms with Crippen LogP contribution in [0.5, 0.6) is 0 Å². The standard InChI is InChI=1S/C13H9BrClF2N/c14-7-4-5-9(15)8(6-7)13(18)12-10(16)2-1-3-11(12)17/h1-6,13H,18H2. The maximum Gasteiger partial charge on any atom is 0.131 e. The van der Waals surface area contributed by atoms with Crippen LogP contribution in [0.15, 0.2) is 40.9 Å². The SMILES string of the molecule is NC(c1cc(Br)ccc1Cl)c1c(F)cccc1F. The average Bonchev–Trinajstić information content (AvgIpc) is 2.32. The number of nitrogens with two attached hydrogens (primary N) is 1. The van der Waals surface area contributed by atoms with Gasteiger partial charge in [-0.3, -0.25) is 0 Å². The Morgan fingerprint density at radius 2 is 1.72 bits per heavy atom. The Morgan fingerprint density at radius 1 is 1.11 bits per heavy atom. The first-order valence-corrected chi connectivity index (χ1v) is 6.32. The van der Waals surface area contributed by atoms with Crippen molar-refractivity contribution in [2.75, 3.05) is 0 Å². The van der Waals surface area contributed by atoms with E-state index in [-0.39, 0.29) is 5.56 Å². The highest BCUT2D eigenvalue weighted by atomic mass is 79.9. The molecule has 18 heavy (non-hydrogen) atoms. The monoisotopic (exact) mass is 331 g/mol. The van der Waals surface area contributed by atoms with Gasteiger partial charge in [0.1, 0.15) is 11.6 Å². The Bertz CT molecular complexity index is 569. The third-order valence-electron chi connectivity index (χ3n) is 2.60. The molecule has 0 aliphatic rings. The minimum absolute atomic E-state index is 0.183. The fraction of sp³-hybridized carbons (Fsp3) is 0.0769. The molecule has 0 saturated heterocycles. The molecule has 0 amide bonds. The van der Waals surface area contributed by atoms with Crippen molar-refractivity contribution in [2.45, 2.75) is 6.04 Å². The summed E-state index contributed by atoms with van der Waals surface area (Å²) in [5.41, 5.74) is 6.19. The van der Waals surface area contributed by atoms with Crippen molar-refractivity contribution in [3.8, 4) is 0 Å². The lowest BCUT2D eigenvalue weighted by Crippen LogP contribution is -2.16. The molecule has 2 rings (SSSR count). The smallest absolute Gasteiger partial charge is 0.131 e. The maximum atomic E-state index is 13.6. The van der Waals surface area contributed by atoms with Crippen molar-refractivity contribution in [2.24, 2.45) is 5.73 Å². The number of hydrogen-bond acceptors (Lipinski definition) is 1. The highest BCUT2D eigenvalue weighted by Crippen LogP contribution is 2.31. The van der Waals surface area contributed by atoms with Crippen LogP contribution >= 0.6 is 27.5 Å². The zero-order valence-corrected chi connectivity index (χ0v) is 11.5. The highest BCUT2D eigenvalue weighted by Gasteiger charge is 2.20. The highest BCUT2D eigenvalue weighted by molar-refractivity contribution is 9.10. The van der Waals surface area contributed by atoms with Gasteiger partial charge in [-0.2, -0.15) is 0 Å². The minimum atomic E-state index is -0.948. The van der Waals surface area contributed by atoms with E-state index in [0.717, 1.165) is 4.47 Å². The van der Waals surface area contributed by atoms with Gasteiger partial charge < -0.3 is 5.73 Å². The Hall–Kier alpha value is -0.970. The van der Waals surface area contributed by atoms with Gasteiger partial charge in [0.15, 0.2) is 0 Å². The summed E-state index contributed by atoms with van der Waals surface area (Å²) in [4.78, 5) is 0. The normalized spacial score (nSPS) is 12.5. The molecular formula is C13H9BrClF2N. The van der Waals surface area contributed by atoms with E-state index in [9.17, 15) is 8.78 Å². The molecule has 0 heterocycles. The summed E-state index contributed by atoms with van der Waals surface area (Å²) in [6, 6.07) is 7.70. The summed E-state index contributed by atoms with van der Waals surface area (Å²) in [6.07, 6.45) is 0. The van der Waals surface area contributed by atoms with Gasteiger partial charge in [-0.15, -0.1) is 0 Å². The largest absolute Gasteiger partial charge is 0.320 e. The van der Waals surface area contributed by atoms with E-state index in [4.69, 9.17) is 17.3 Å². The van der Waals surface area contributed by atoms with Crippen LogP contribution < -0.4 is 5.73 Å². The molecule has 0 saturated carbocycles. The van der Waals surface area contributed by atoms with Gasteiger partial charge in [0.25, 0.3) is 0 Å². The first kappa shape index (κ1) is 13.5. The van der Waals surface area contributed by atoms with Gasteiger partial charge in [-0.1, -0.05) is 33.6 Å². The average molecular weight is 333 g/mol. The molecule has 2 aromatic carbocycles. The van der Waals surface area contributed by atoms with Gasteiger partial charge in [0, 0.05) is 15.1 Å². The fourth-order valence-electron chi connectivity index (χ4n) is 1.72. The Balaban J connectivity index is 2.54. The van der Waals surface area contributed by atoms with Crippen molar-refractivity contribution in [3.05, 3.63) is 68.7 Å². The van der Waals surface area contributed by atoms with E-state index in [0.29, 0.717) is 10.6 Å². The van der Waals surface area contributed by atoms with Crippen LogP contribution in [0.4, 0.5) is 8.78 Å². The third kappa shape index (κ3) is 2.55. The number of rotatable bonds is 2. The van der Waals surface area contributed by atoms with E-state index in [1.54, 1.807) is 18.2 Å². The Morgan fingerprint density at radius 3 is 2.33 bits per heavy atom. The number of halogens is 4. The summed E-state index contributed by atoms with van der Waals surface area (Å²) >= 11 is 9.27. The first-order chi connectivity index (χ1) is 8.50. The summed E-state index contributed by atoms with van der Waals surface area (Å²) in [5.74, 6) is -1.36. The molecule has 0 spiro atoms. The van der Waals surface area contributed by atoms with Crippen LogP contribution in [-0.2, 0) is 0 Å². The predicted octanol–water partition coefficient (Wildman–Crippen LogP) is 4.43. The lowest BCUT2D eigenvalue weighted by atomic mass is 9.98. The van der Waals surface area contributed by atoms with Crippen molar-refractivity contribution < 1.29 is 8.78 Å². The number of hydrogen-bond donors (Lipinski definition) is 1. The van der Waals surface area contributed by atoms with Crippen LogP contribution in [0.2, 0.25) is 5.02 Å². The molecular weight excluding hydrogens is 324 g/mol. The van der Waals surface area contributed by atoms with Crippen LogP contribution in [0.3, 0.4) is 0 Å². The summed E-state index contributed by atoms with van der Waals surface area (Å²) in [6.45, 7) is 0. The lowest BCUT2D eigenvalue weighted by molar-refractivity contribution is 0.543. The van der Waals surface area contributed by atoms with Crippen LogP contribution in [0.25, 0.3) is 0 Å².